The molecule has 100 valence electrons. The Balaban J connectivity index is 2.27. The Kier molecular flexibility index (Phi) is 4.70. The Bertz CT molecular complexity index is 566. The smallest absolute Gasteiger partial charge is 0.129 e. The summed E-state index contributed by atoms with van der Waals surface area (Å²) in [6, 6.07) is 11.9. The van der Waals surface area contributed by atoms with Crippen molar-refractivity contribution in [2.24, 2.45) is 0 Å². The van der Waals surface area contributed by atoms with Crippen LogP contribution in [0.2, 0.25) is 0 Å². The second-order valence-corrected chi connectivity index (χ2v) is 5.30. The van der Waals surface area contributed by atoms with Crippen LogP contribution in [0.25, 0.3) is 0 Å². The summed E-state index contributed by atoms with van der Waals surface area (Å²) < 4.78 is 26.6. The monoisotopic (exact) mass is 324 g/mol. The van der Waals surface area contributed by atoms with Crippen LogP contribution < -0.4 is 0 Å². The molecule has 0 saturated heterocycles. The zero-order valence-electron chi connectivity index (χ0n) is 10.7. The molecule has 0 fully saturated rings. The largest absolute Gasteiger partial charge is 0.207 e. The van der Waals surface area contributed by atoms with Crippen LogP contribution in [0.5, 0.6) is 0 Å². The number of aryl methyl sites for hydroxylation is 1. The van der Waals surface area contributed by atoms with Crippen molar-refractivity contribution in [2.75, 3.05) is 5.33 Å². The van der Waals surface area contributed by atoms with Gasteiger partial charge in [-0.2, -0.15) is 0 Å². The predicted octanol–water partition coefficient (Wildman–Crippen LogP) is 4.99. The van der Waals surface area contributed by atoms with Gasteiger partial charge in [0.1, 0.15) is 11.6 Å². The lowest BCUT2D eigenvalue weighted by molar-refractivity contribution is 0.566. The van der Waals surface area contributed by atoms with E-state index in [4.69, 9.17) is 0 Å². The van der Waals surface area contributed by atoms with Gasteiger partial charge in [0.25, 0.3) is 0 Å². The Morgan fingerprint density at radius 3 is 2.47 bits per heavy atom. The molecule has 19 heavy (non-hydrogen) atoms. The third kappa shape index (κ3) is 3.41. The Hall–Kier alpha value is -1.22. The van der Waals surface area contributed by atoms with Crippen molar-refractivity contribution >= 4 is 15.9 Å². The summed E-state index contributed by atoms with van der Waals surface area (Å²) >= 11 is 3.49. The number of benzene rings is 2. The maximum absolute atomic E-state index is 13.7. The van der Waals surface area contributed by atoms with E-state index in [0.717, 1.165) is 11.4 Å². The lowest BCUT2D eigenvalue weighted by atomic mass is 9.90. The van der Waals surface area contributed by atoms with Gasteiger partial charge in [0.2, 0.25) is 0 Å². The molecule has 0 aliphatic heterocycles. The fraction of sp³-hybridized carbons (Fsp3) is 0.250. The van der Waals surface area contributed by atoms with Crippen LogP contribution in [0.1, 0.15) is 22.6 Å². The minimum absolute atomic E-state index is 0.182. The minimum atomic E-state index is -0.535. The number of rotatable bonds is 4. The van der Waals surface area contributed by atoms with Crippen LogP contribution in [0.4, 0.5) is 8.78 Å². The maximum atomic E-state index is 13.7. The van der Waals surface area contributed by atoms with Crippen LogP contribution >= 0.6 is 15.9 Å². The van der Waals surface area contributed by atoms with Gasteiger partial charge in [-0.25, -0.2) is 8.78 Å². The highest BCUT2D eigenvalue weighted by molar-refractivity contribution is 9.09. The fourth-order valence-electron chi connectivity index (χ4n) is 2.25. The summed E-state index contributed by atoms with van der Waals surface area (Å²) in [4.78, 5) is 0. The molecule has 0 amide bonds. The molecule has 0 saturated carbocycles. The van der Waals surface area contributed by atoms with Gasteiger partial charge in [0.05, 0.1) is 0 Å². The molecule has 0 aliphatic carbocycles. The number of alkyl halides is 1. The topological polar surface area (TPSA) is 0 Å². The van der Waals surface area contributed by atoms with E-state index in [0.29, 0.717) is 12.0 Å². The van der Waals surface area contributed by atoms with Crippen LogP contribution in [0, 0.1) is 18.6 Å². The molecule has 2 aromatic carbocycles. The molecule has 0 spiro atoms. The Morgan fingerprint density at radius 2 is 1.84 bits per heavy atom. The van der Waals surface area contributed by atoms with Gasteiger partial charge in [0, 0.05) is 11.4 Å². The Labute approximate surface area is 120 Å². The molecule has 1 atom stereocenters. The van der Waals surface area contributed by atoms with Crippen LogP contribution in [-0.4, -0.2) is 5.33 Å². The molecule has 0 nitrogen and oxygen atoms in total. The highest BCUT2D eigenvalue weighted by Gasteiger charge is 2.15. The third-order valence-corrected chi connectivity index (χ3v) is 4.08. The maximum Gasteiger partial charge on any atom is 0.129 e. The quantitative estimate of drug-likeness (QED) is 0.695. The van der Waals surface area contributed by atoms with Gasteiger partial charge in [0.15, 0.2) is 0 Å². The number of hydrogen-bond acceptors (Lipinski definition) is 0. The second-order valence-electron chi connectivity index (χ2n) is 4.65. The molecule has 3 heteroatoms. The lowest BCUT2D eigenvalue weighted by Gasteiger charge is -2.17. The van der Waals surface area contributed by atoms with Gasteiger partial charge in [-0.1, -0.05) is 46.3 Å². The van der Waals surface area contributed by atoms with Crippen molar-refractivity contribution in [3.63, 3.8) is 0 Å². The summed E-state index contributed by atoms with van der Waals surface area (Å²) in [5.41, 5.74) is 2.94. The van der Waals surface area contributed by atoms with Crippen LogP contribution in [0.3, 0.4) is 0 Å². The van der Waals surface area contributed by atoms with E-state index in [2.05, 4.69) is 22.0 Å². The molecule has 0 radical (unpaired) electrons. The standard InChI is InChI=1S/C16H15BrF2/c1-11-4-2-3-5-15(11)13(10-17)8-12-6-7-14(18)9-16(12)19/h2-7,9,13H,8,10H2,1H3. The van der Waals surface area contributed by atoms with Crippen LogP contribution in [0.15, 0.2) is 42.5 Å². The zero-order chi connectivity index (χ0) is 13.8. The summed E-state index contributed by atoms with van der Waals surface area (Å²) in [5.74, 6) is -0.826. The van der Waals surface area contributed by atoms with E-state index in [1.54, 1.807) is 0 Å². The van der Waals surface area contributed by atoms with Crippen LogP contribution in [-0.2, 0) is 6.42 Å². The third-order valence-electron chi connectivity index (χ3n) is 3.30. The molecule has 2 aromatic rings. The normalized spacial score (nSPS) is 12.4. The fourth-order valence-corrected chi connectivity index (χ4v) is 2.82. The Morgan fingerprint density at radius 1 is 1.11 bits per heavy atom. The second kappa shape index (κ2) is 6.29. The van der Waals surface area contributed by atoms with Crippen molar-refractivity contribution in [3.8, 4) is 0 Å². The first-order valence-electron chi connectivity index (χ1n) is 6.17. The first-order valence-corrected chi connectivity index (χ1v) is 7.29. The minimum Gasteiger partial charge on any atom is -0.207 e. The van der Waals surface area contributed by atoms with E-state index in [1.165, 1.54) is 23.3 Å². The highest BCUT2D eigenvalue weighted by atomic mass is 79.9. The molecule has 0 aromatic heterocycles. The van der Waals surface area contributed by atoms with Gasteiger partial charge in [-0.05, 0) is 42.0 Å². The summed E-state index contributed by atoms with van der Waals surface area (Å²) in [6.07, 6.45) is 0.558. The van der Waals surface area contributed by atoms with Crippen molar-refractivity contribution in [1.29, 1.82) is 0 Å². The molecule has 2 rings (SSSR count). The highest BCUT2D eigenvalue weighted by Crippen LogP contribution is 2.26. The number of hydrogen-bond donors (Lipinski definition) is 0. The van der Waals surface area contributed by atoms with Gasteiger partial charge in [-0.3, -0.25) is 0 Å². The molecule has 0 bridgehead atoms. The van der Waals surface area contributed by atoms with Crippen molar-refractivity contribution in [1.82, 2.24) is 0 Å². The van der Waals surface area contributed by atoms with Gasteiger partial charge in [-0.15, -0.1) is 0 Å². The summed E-state index contributed by atoms with van der Waals surface area (Å²) in [7, 11) is 0. The first kappa shape index (κ1) is 14.2. The van der Waals surface area contributed by atoms with E-state index < -0.39 is 11.6 Å². The number of halogens is 3. The molecule has 0 N–H and O–H groups in total. The average molecular weight is 325 g/mol. The summed E-state index contributed by atoms with van der Waals surface area (Å²) in [5, 5.41) is 0.745. The molecular formula is C16H15BrF2. The lowest BCUT2D eigenvalue weighted by Crippen LogP contribution is -2.07. The van der Waals surface area contributed by atoms with Crippen molar-refractivity contribution in [2.45, 2.75) is 19.3 Å². The molecule has 1 unspecified atom stereocenters. The SMILES string of the molecule is Cc1ccccc1C(CBr)Cc1ccc(F)cc1F. The first-order chi connectivity index (χ1) is 9.11. The van der Waals surface area contributed by atoms with Crippen molar-refractivity contribution in [3.05, 3.63) is 70.8 Å². The van der Waals surface area contributed by atoms with Crippen molar-refractivity contribution < 1.29 is 8.78 Å². The molecular weight excluding hydrogens is 310 g/mol. The van der Waals surface area contributed by atoms with Gasteiger partial charge < -0.3 is 0 Å². The molecule has 0 aliphatic rings. The zero-order valence-corrected chi connectivity index (χ0v) is 12.3. The predicted molar refractivity (Wildman–Crippen MR) is 77.8 cm³/mol. The van der Waals surface area contributed by atoms with Gasteiger partial charge >= 0.3 is 0 Å². The van der Waals surface area contributed by atoms with E-state index in [9.17, 15) is 8.78 Å². The average Bonchev–Trinajstić information content (AvgIpc) is 2.39. The van der Waals surface area contributed by atoms with E-state index in [1.807, 2.05) is 25.1 Å². The van der Waals surface area contributed by atoms with E-state index in [-0.39, 0.29) is 5.92 Å². The molecule has 0 heterocycles. The summed E-state index contributed by atoms with van der Waals surface area (Å²) in [6.45, 7) is 2.05. The van der Waals surface area contributed by atoms with E-state index >= 15 is 0 Å².